The van der Waals surface area contributed by atoms with Crippen molar-refractivity contribution in [3.05, 3.63) is 0 Å². The van der Waals surface area contributed by atoms with Crippen LogP contribution in [0.4, 0.5) is 0 Å². The molecule has 2 rings (SSSR count). The maximum absolute atomic E-state index is 11.9. The molecule has 0 aromatic heterocycles. The fourth-order valence-corrected chi connectivity index (χ4v) is 3.36. The van der Waals surface area contributed by atoms with Crippen LogP contribution in [-0.4, -0.2) is 48.4 Å². The third kappa shape index (κ3) is 3.05. The molecule has 0 aliphatic carbocycles. The molecule has 2 fully saturated rings. The van der Waals surface area contributed by atoms with Crippen molar-refractivity contribution in [1.29, 1.82) is 0 Å². The monoisotopic (exact) mass is 252 g/mol. The molecule has 0 unspecified atom stereocenters. The molecule has 0 aromatic rings. The number of rotatable bonds is 4. The number of amides is 1. The second kappa shape index (κ2) is 6.05. The van der Waals surface area contributed by atoms with Crippen LogP contribution in [0, 0.1) is 17.8 Å². The number of hydrogen-bond acceptors (Lipinski definition) is 2. The molecule has 2 heterocycles. The minimum Gasteiger partial charge on any atom is -0.342 e. The van der Waals surface area contributed by atoms with E-state index in [2.05, 4.69) is 16.7 Å². The quantitative estimate of drug-likeness (QED) is 0.766. The SMILES string of the molecule is CCCN1CC(C2CCN(C(=O)C(C)C)CC2)C1. The average Bonchev–Trinajstić information content (AvgIpc) is 2.32. The molecule has 3 nitrogen and oxygen atoms in total. The van der Waals surface area contributed by atoms with Gasteiger partial charge in [-0.3, -0.25) is 4.79 Å². The van der Waals surface area contributed by atoms with Gasteiger partial charge in [0.15, 0.2) is 0 Å². The molecular formula is C15H28N2O. The zero-order valence-electron chi connectivity index (χ0n) is 12.2. The molecular weight excluding hydrogens is 224 g/mol. The Bertz CT molecular complexity index is 276. The molecule has 0 aromatic carbocycles. The van der Waals surface area contributed by atoms with Crippen LogP contribution in [0.1, 0.15) is 40.0 Å². The Morgan fingerprint density at radius 2 is 1.78 bits per heavy atom. The summed E-state index contributed by atoms with van der Waals surface area (Å²) in [4.78, 5) is 16.6. The first-order valence-electron chi connectivity index (χ1n) is 7.63. The summed E-state index contributed by atoms with van der Waals surface area (Å²) in [5.74, 6) is 2.28. The van der Waals surface area contributed by atoms with E-state index in [0.717, 1.165) is 24.9 Å². The molecule has 0 radical (unpaired) electrons. The molecule has 2 aliphatic rings. The maximum Gasteiger partial charge on any atom is 0.225 e. The summed E-state index contributed by atoms with van der Waals surface area (Å²) >= 11 is 0. The van der Waals surface area contributed by atoms with Crippen LogP contribution in [0.15, 0.2) is 0 Å². The van der Waals surface area contributed by atoms with E-state index >= 15 is 0 Å². The molecule has 2 aliphatic heterocycles. The van der Waals surface area contributed by atoms with Crippen LogP contribution in [0.2, 0.25) is 0 Å². The lowest BCUT2D eigenvalue weighted by Gasteiger charge is -2.46. The Morgan fingerprint density at radius 3 is 2.28 bits per heavy atom. The van der Waals surface area contributed by atoms with Crippen molar-refractivity contribution >= 4 is 5.91 Å². The van der Waals surface area contributed by atoms with Crippen LogP contribution in [0.25, 0.3) is 0 Å². The molecule has 0 N–H and O–H groups in total. The van der Waals surface area contributed by atoms with Gasteiger partial charge in [-0.05, 0) is 37.6 Å². The highest BCUT2D eigenvalue weighted by Gasteiger charge is 2.35. The van der Waals surface area contributed by atoms with Crippen molar-refractivity contribution in [2.45, 2.75) is 40.0 Å². The lowest BCUT2D eigenvalue weighted by atomic mass is 9.79. The van der Waals surface area contributed by atoms with Gasteiger partial charge in [0.2, 0.25) is 5.91 Å². The van der Waals surface area contributed by atoms with Crippen molar-refractivity contribution in [2.24, 2.45) is 17.8 Å². The zero-order chi connectivity index (χ0) is 13.1. The molecule has 3 heteroatoms. The first-order valence-corrected chi connectivity index (χ1v) is 7.63. The van der Waals surface area contributed by atoms with Gasteiger partial charge in [-0.25, -0.2) is 0 Å². The van der Waals surface area contributed by atoms with Crippen LogP contribution in [0.5, 0.6) is 0 Å². The topological polar surface area (TPSA) is 23.6 Å². The summed E-state index contributed by atoms with van der Waals surface area (Å²) in [6, 6.07) is 0. The van der Waals surface area contributed by atoms with Gasteiger partial charge in [0.05, 0.1) is 0 Å². The summed E-state index contributed by atoms with van der Waals surface area (Å²) in [6.45, 7) is 12.1. The van der Waals surface area contributed by atoms with Gasteiger partial charge in [-0.1, -0.05) is 20.8 Å². The second-order valence-corrected chi connectivity index (χ2v) is 6.34. The summed E-state index contributed by atoms with van der Waals surface area (Å²) < 4.78 is 0. The minimum atomic E-state index is 0.158. The van der Waals surface area contributed by atoms with Gasteiger partial charge in [-0.15, -0.1) is 0 Å². The van der Waals surface area contributed by atoms with Crippen molar-refractivity contribution in [3.63, 3.8) is 0 Å². The van der Waals surface area contributed by atoms with Crippen LogP contribution in [0.3, 0.4) is 0 Å². The van der Waals surface area contributed by atoms with Gasteiger partial charge in [0, 0.05) is 32.1 Å². The highest BCUT2D eigenvalue weighted by Crippen LogP contribution is 2.32. The third-order valence-corrected chi connectivity index (χ3v) is 4.54. The van der Waals surface area contributed by atoms with Crippen molar-refractivity contribution in [3.8, 4) is 0 Å². The molecule has 18 heavy (non-hydrogen) atoms. The van der Waals surface area contributed by atoms with Crippen molar-refractivity contribution < 1.29 is 4.79 Å². The highest BCUT2D eigenvalue weighted by atomic mass is 16.2. The number of carbonyl (C=O) groups excluding carboxylic acids is 1. The molecule has 0 spiro atoms. The fraction of sp³-hybridized carbons (Fsp3) is 0.933. The fourth-order valence-electron chi connectivity index (χ4n) is 3.36. The number of hydrogen-bond donors (Lipinski definition) is 0. The van der Waals surface area contributed by atoms with Crippen molar-refractivity contribution in [1.82, 2.24) is 9.80 Å². The van der Waals surface area contributed by atoms with Crippen LogP contribution in [-0.2, 0) is 4.79 Å². The number of carbonyl (C=O) groups is 1. The van der Waals surface area contributed by atoms with E-state index in [4.69, 9.17) is 0 Å². The Kier molecular flexibility index (Phi) is 4.66. The molecule has 104 valence electrons. The van der Waals surface area contributed by atoms with E-state index in [1.165, 1.54) is 38.9 Å². The number of piperidine rings is 1. The molecule has 0 atom stereocenters. The molecule has 0 bridgehead atoms. The summed E-state index contributed by atoms with van der Waals surface area (Å²) in [7, 11) is 0. The summed E-state index contributed by atoms with van der Waals surface area (Å²) in [6.07, 6.45) is 3.72. The predicted octanol–water partition coefficient (Wildman–Crippen LogP) is 2.22. The van der Waals surface area contributed by atoms with Gasteiger partial charge in [0.1, 0.15) is 0 Å². The minimum absolute atomic E-state index is 0.158. The molecule has 1 amide bonds. The van der Waals surface area contributed by atoms with E-state index in [1.807, 2.05) is 13.8 Å². The normalized spacial score (nSPS) is 23.4. The molecule has 0 saturated carbocycles. The van der Waals surface area contributed by atoms with E-state index in [1.54, 1.807) is 0 Å². The predicted molar refractivity (Wildman–Crippen MR) is 74.4 cm³/mol. The summed E-state index contributed by atoms with van der Waals surface area (Å²) in [5, 5.41) is 0. The number of nitrogens with zero attached hydrogens (tertiary/aromatic N) is 2. The van der Waals surface area contributed by atoms with E-state index in [9.17, 15) is 4.79 Å². The van der Waals surface area contributed by atoms with E-state index < -0.39 is 0 Å². The maximum atomic E-state index is 11.9. The highest BCUT2D eigenvalue weighted by molar-refractivity contribution is 5.78. The van der Waals surface area contributed by atoms with Crippen LogP contribution >= 0.6 is 0 Å². The van der Waals surface area contributed by atoms with Gasteiger partial charge in [0.25, 0.3) is 0 Å². The molecule has 2 saturated heterocycles. The van der Waals surface area contributed by atoms with E-state index in [0.29, 0.717) is 5.91 Å². The lowest BCUT2D eigenvalue weighted by molar-refractivity contribution is -0.136. The van der Waals surface area contributed by atoms with Crippen LogP contribution < -0.4 is 0 Å². The third-order valence-electron chi connectivity index (χ3n) is 4.54. The Balaban J connectivity index is 1.70. The largest absolute Gasteiger partial charge is 0.342 e. The Hall–Kier alpha value is -0.570. The van der Waals surface area contributed by atoms with Gasteiger partial charge >= 0.3 is 0 Å². The standard InChI is InChI=1S/C15H28N2O/c1-4-7-16-10-14(11-16)13-5-8-17(9-6-13)15(18)12(2)3/h12-14H,4-11H2,1-3H3. The summed E-state index contributed by atoms with van der Waals surface area (Å²) in [5.41, 5.74) is 0. The Labute approximate surface area is 112 Å². The number of likely N-dealkylation sites (tertiary alicyclic amines) is 2. The van der Waals surface area contributed by atoms with Gasteiger partial charge in [-0.2, -0.15) is 0 Å². The first kappa shape index (κ1) is 13.9. The second-order valence-electron chi connectivity index (χ2n) is 6.34. The first-order chi connectivity index (χ1) is 8.61. The van der Waals surface area contributed by atoms with E-state index in [-0.39, 0.29) is 5.92 Å². The zero-order valence-corrected chi connectivity index (χ0v) is 12.2. The smallest absolute Gasteiger partial charge is 0.225 e. The van der Waals surface area contributed by atoms with Gasteiger partial charge < -0.3 is 9.80 Å². The average molecular weight is 252 g/mol. The van der Waals surface area contributed by atoms with Crippen molar-refractivity contribution in [2.75, 3.05) is 32.7 Å². The Morgan fingerprint density at radius 1 is 1.17 bits per heavy atom. The lowest BCUT2D eigenvalue weighted by Crippen LogP contribution is -2.52.